The summed E-state index contributed by atoms with van der Waals surface area (Å²) in [5, 5.41) is 5.61. The average Bonchev–Trinajstić information content (AvgIpc) is 3.28. The Labute approximate surface area is 156 Å². The second-order valence-corrected chi connectivity index (χ2v) is 8.55. The summed E-state index contributed by atoms with van der Waals surface area (Å²) in [5.74, 6) is 1.38. The standard InChI is InChI=1S/C19H34N2O3S/c22-18(11-4-3-9-17-10-8-16-25-17)20-13-5-1-2-12-19(23)24-21-14-6-7-15-21/h17H,1-16H2,(H,20,22). The summed E-state index contributed by atoms with van der Waals surface area (Å²) >= 11 is 2.10. The van der Waals surface area contributed by atoms with Crippen LogP contribution in [-0.4, -0.2) is 47.6 Å². The highest BCUT2D eigenvalue weighted by molar-refractivity contribution is 8.00. The van der Waals surface area contributed by atoms with Gasteiger partial charge < -0.3 is 10.2 Å². The van der Waals surface area contributed by atoms with E-state index in [2.05, 4.69) is 17.1 Å². The molecule has 0 spiro atoms. The third kappa shape index (κ3) is 9.50. The molecule has 2 heterocycles. The molecule has 1 unspecified atom stereocenters. The first-order chi connectivity index (χ1) is 12.2. The quantitative estimate of drug-likeness (QED) is 0.531. The number of hydrogen-bond donors (Lipinski definition) is 1. The molecule has 0 bridgehead atoms. The first-order valence-electron chi connectivity index (χ1n) is 10.1. The molecule has 0 saturated carbocycles. The second-order valence-electron chi connectivity index (χ2n) is 7.14. The fourth-order valence-corrected chi connectivity index (χ4v) is 4.72. The largest absolute Gasteiger partial charge is 0.368 e. The molecule has 0 aromatic carbocycles. The van der Waals surface area contributed by atoms with E-state index >= 15 is 0 Å². The number of carbonyl (C=O) groups is 2. The molecule has 6 heteroatoms. The number of unbranched alkanes of at least 4 members (excludes halogenated alkanes) is 3. The van der Waals surface area contributed by atoms with Gasteiger partial charge in [-0.15, -0.1) is 5.06 Å². The van der Waals surface area contributed by atoms with Crippen LogP contribution in [0.15, 0.2) is 0 Å². The summed E-state index contributed by atoms with van der Waals surface area (Å²) in [4.78, 5) is 28.7. The second kappa shape index (κ2) is 12.6. The lowest BCUT2D eigenvalue weighted by molar-refractivity contribution is -0.185. The van der Waals surface area contributed by atoms with E-state index in [-0.39, 0.29) is 11.9 Å². The van der Waals surface area contributed by atoms with Crippen LogP contribution in [0, 0.1) is 0 Å². The van der Waals surface area contributed by atoms with Gasteiger partial charge >= 0.3 is 5.97 Å². The van der Waals surface area contributed by atoms with E-state index in [1.807, 2.05) is 0 Å². The number of nitrogens with one attached hydrogen (secondary N) is 1. The van der Waals surface area contributed by atoms with E-state index in [4.69, 9.17) is 4.84 Å². The van der Waals surface area contributed by atoms with Crippen LogP contribution >= 0.6 is 11.8 Å². The Morgan fingerprint density at radius 3 is 2.56 bits per heavy atom. The molecule has 1 atom stereocenters. The average molecular weight is 371 g/mol. The molecule has 0 aliphatic carbocycles. The van der Waals surface area contributed by atoms with Crippen LogP contribution in [0.1, 0.15) is 77.0 Å². The fourth-order valence-electron chi connectivity index (χ4n) is 3.39. The molecule has 0 aromatic heterocycles. The first-order valence-corrected chi connectivity index (χ1v) is 11.1. The van der Waals surface area contributed by atoms with Crippen molar-refractivity contribution in [3.8, 4) is 0 Å². The third-order valence-electron chi connectivity index (χ3n) is 4.88. The number of hydrogen-bond acceptors (Lipinski definition) is 5. The monoisotopic (exact) mass is 370 g/mol. The lowest BCUT2D eigenvalue weighted by atomic mass is 10.1. The lowest BCUT2D eigenvalue weighted by Gasteiger charge is -2.13. The van der Waals surface area contributed by atoms with Crippen LogP contribution in [0.5, 0.6) is 0 Å². The van der Waals surface area contributed by atoms with Gasteiger partial charge in [0.2, 0.25) is 5.91 Å². The fraction of sp³-hybridized carbons (Fsp3) is 0.895. The summed E-state index contributed by atoms with van der Waals surface area (Å²) in [7, 11) is 0. The predicted octanol–water partition coefficient (Wildman–Crippen LogP) is 3.67. The highest BCUT2D eigenvalue weighted by Gasteiger charge is 2.16. The zero-order valence-electron chi connectivity index (χ0n) is 15.5. The van der Waals surface area contributed by atoms with E-state index in [1.54, 1.807) is 5.06 Å². The Morgan fingerprint density at radius 2 is 1.80 bits per heavy atom. The molecule has 144 valence electrons. The molecular weight excluding hydrogens is 336 g/mol. The Kier molecular flexibility index (Phi) is 10.3. The van der Waals surface area contributed by atoms with Gasteiger partial charge in [-0.3, -0.25) is 9.59 Å². The number of carbonyl (C=O) groups excluding carboxylic acids is 2. The summed E-state index contributed by atoms with van der Waals surface area (Å²) < 4.78 is 0. The van der Waals surface area contributed by atoms with Crippen molar-refractivity contribution in [3.05, 3.63) is 0 Å². The highest BCUT2D eigenvalue weighted by atomic mass is 32.2. The zero-order valence-corrected chi connectivity index (χ0v) is 16.3. The van der Waals surface area contributed by atoms with E-state index in [0.29, 0.717) is 12.8 Å². The lowest BCUT2D eigenvalue weighted by Crippen LogP contribution is -2.24. The van der Waals surface area contributed by atoms with Gasteiger partial charge in [-0.05, 0) is 57.1 Å². The van der Waals surface area contributed by atoms with Crippen molar-refractivity contribution in [2.75, 3.05) is 25.4 Å². The summed E-state index contributed by atoms with van der Waals surface area (Å²) in [5.41, 5.74) is 0. The minimum absolute atomic E-state index is 0.119. The summed E-state index contributed by atoms with van der Waals surface area (Å²) in [6.45, 7) is 2.47. The maximum Gasteiger partial charge on any atom is 0.325 e. The van der Waals surface area contributed by atoms with Gasteiger partial charge in [0.25, 0.3) is 0 Å². The van der Waals surface area contributed by atoms with Crippen LogP contribution in [0.3, 0.4) is 0 Å². The zero-order chi connectivity index (χ0) is 17.7. The number of hydroxylamine groups is 2. The van der Waals surface area contributed by atoms with Gasteiger partial charge in [-0.2, -0.15) is 11.8 Å². The van der Waals surface area contributed by atoms with Crippen LogP contribution in [0.25, 0.3) is 0 Å². The van der Waals surface area contributed by atoms with Crippen LogP contribution in [0.2, 0.25) is 0 Å². The van der Waals surface area contributed by atoms with E-state index < -0.39 is 0 Å². The van der Waals surface area contributed by atoms with Crippen molar-refractivity contribution in [3.63, 3.8) is 0 Å². The van der Waals surface area contributed by atoms with Gasteiger partial charge in [0.1, 0.15) is 0 Å². The molecule has 0 radical (unpaired) electrons. The molecule has 2 saturated heterocycles. The van der Waals surface area contributed by atoms with E-state index in [0.717, 1.165) is 63.4 Å². The van der Waals surface area contributed by atoms with Gasteiger partial charge in [0.05, 0.1) is 0 Å². The summed E-state index contributed by atoms with van der Waals surface area (Å²) in [6.07, 6.45) is 12.3. The van der Waals surface area contributed by atoms with Gasteiger partial charge in [-0.25, -0.2) is 0 Å². The molecule has 2 aliphatic heterocycles. The van der Waals surface area contributed by atoms with Crippen LogP contribution in [-0.2, 0) is 14.4 Å². The van der Waals surface area contributed by atoms with Crippen LogP contribution in [0.4, 0.5) is 0 Å². The smallest absolute Gasteiger partial charge is 0.325 e. The topological polar surface area (TPSA) is 58.6 Å². The Hall–Kier alpha value is -0.750. The minimum Gasteiger partial charge on any atom is -0.368 e. The minimum atomic E-state index is -0.119. The Bertz CT molecular complexity index is 394. The van der Waals surface area contributed by atoms with Crippen molar-refractivity contribution in [2.24, 2.45) is 0 Å². The van der Waals surface area contributed by atoms with Gasteiger partial charge in [-0.1, -0.05) is 12.8 Å². The van der Waals surface area contributed by atoms with Crippen molar-refractivity contribution in [1.82, 2.24) is 10.4 Å². The van der Waals surface area contributed by atoms with Crippen molar-refractivity contribution < 1.29 is 14.4 Å². The molecule has 25 heavy (non-hydrogen) atoms. The van der Waals surface area contributed by atoms with Crippen molar-refractivity contribution in [1.29, 1.82) is 0 Å². The van der Waals surface area contributed by atoms with Crippen molar-refractivity contribution >= 4 is 23.6 Å². The predicted molar refractivity (Wildman–Crippen MR) is 102 cm³/mol. The van der Waals surface area contributed by atoms with E-state index in [9.17, 15) is 9.59 Å². The highest BCUT2D eigenvalue weighted by Crippen LogP contribution is 2.29. The molecular formula is C19H34N2O3S. The Balaban J connectivity index is 1.34. The molecule has 1 N–H and O–H groups in total. The molecule has 5 nitrogen and oxygen atoms in total. The Morgan fingerprint density at radius 1 is 1.00 bits per heavy atom. The first kappa shape index (κ1) is 20.6. The van der Waals surface area contributed by atoms with Crippen LogP contribution < -0.4 is 5.32 Å². The van der Waals surface area contributed by atoms with Gasteiger partial charge in [0.15, 0.2) is 0 Å². The van der Waals surface area contributed by atoms with Crippen molar-refractivity contribution in [2.45, 2.75) is 82.3 Å². The number of nitrogens with zero attached hydrogens (tertiary/aromatic N) is 1. The number of amides is 1. The molecule has 2 aliphatic rings. The molecule has 2 fully saturated rings. The molecule has 2 rings (SSSR count). The maximum absolute atomic E-state index is 11.8. The number of rotatable bonds is 12. The summed E-state index contributed by atoms with van der Waals surface area (Å²) in [6, 6.07) is 0. The van der Waals surface area contributed by atoms with Gasteiger partial charge in [0, 0.05) is 37.7 Å². The van der Waals surface area contributed by atoms with E-state index in [1.165, 1.54) is 31.4 Å². The SMILES string of the molecule is O=C(CCCCC1CCCS1)NCCCCCC(=O)ON1CCCC1. The number of thioether (sulfide) groups is 1. The normalized spacial score (nSPS) is 20.7. The molecule has 1 amide bonds. The maximum atomic E-state index is 11.8. The third-order valence-corrected chi connectivity index (χ3v) is 6.35. The molecule has 0 aromatic rings.